The third kappa shape index (κ3) is 6.58. The molecule has 0 saturated carbocycles. The van der Waals surface area contributed by atoms with Crippen LogP contribution in [-0.2, 0) is 22.6 Å². The van der Waals surface area contributed by atoms with Crippen molar-refractivity contribution in [1.29, 1.82) is 0 Å². The maximum atomic E-state index is 13.0. The molecule has 1 aromatic carbocycles. The Labute approximate surface area is 176 Å². The monoisotopic (exact) mass is 419 g/mol. The molecule has 0 bridgehead atoms. The highest BCUT2D eigenvalue weighted by molar-refractivity contribution is 5.92. The molecule has 0 atom stereocenters. The molecule has 1 amide bonds. The Bertz CT molecular complexity index is 784. The Morgan fingerprint density at radius 2 is 1.87 bits per heavy atom. The molecular weight excluding hydrogens is 389 g/mol. The molecule has 0 unspecified atom stereocenters. The summed E-state index contributed by atoms with van der Waals surface area (Å²) >= 11 is 0. The summed E-state index contributed by atoms with van der Waals surface area (Å²) in [4.78, 5) is 14.8. The highest BCUT2D eigenvalue weighted by Gasteiger charge is 2.22. The number of ether oxygens (including phenoxy) is 2. The van der Waals surface area contributed by atoms with Crippen LogP contribution in [0, 0.1) is 5.82 Å². The number of hydrogen-bond donors (Lipinski definition) is 1. The number of amides is 1. The van der Waals surface area contributed by atoms with Gasteiger partial charge in [0.25, 0.3) is 5.91 Å². The summed E-state index contributed by atoms with van der Waals surface area (Å²) < 4.78 is 25.6. The number of likely N-dealkylation sites (tertiary alicyclic amines) is 1. The van der Waals surface area contributed by atoms with Gasteiger partial charge in [-0.25, -0.2) is 9.07 Å². The number of aromatic nitrogens is 3. The van der Waals surface area contributed by atoms with E-state index in [0.29, 0.717) is 19.8 Å². The number of nitrogens with zero attached hydrogens (tertiary/aromatic N) is 4. The smallest absolute Gasteiger partial charge is 0.273 e. The highest BCUT2D eigenvalue weighted by atomic mass is 19.1. The molecule has 2 heterocycles. The molecule has 164 valence electrons. The molecule has 1 aliphatic rings. The van der Waals surface area contributed by atoms with Crippen LogP contribution >= 0.6 is 0 Å². The van der Waals surface area contributed by atoms with E-state index in [0.717, 1.165) is 38.0 Å². The maximum absolute atomic E-state index is 13.0. The Morgan fingerprint density at radius 3 is 2.50 bits per heavy atom. The van der Waals surface area contributed by atoms with Gasteiger partial charge in [0.1, 0.15) is 5.82 Å². The number of hydrogen-bond acceptors (Lipinski definition) is 6. The molecule has 8 nitrogen and oxygen atoms in total. The van der Waals surface area contributed by atoms with Gasteiger partial charge in [0.2, 0.25) is 0 Å². The minimum absolute atomic E-state index is 0.103. The molecule has 1 N–H and O–H groups in total. The van der Waals surface area contributed by atoms with E-state index in [1.807, 2.05) is 26.0 Å². The van der Waals surface area contributed by atoms with E-state index in [1.54, 1.807) is 10.9 Å². The lowest BCUT2D eigenvalue weighted by molar-refractivity contribution is -0.145. The van der Waals surface area contributed by atoms with Crippen molar-refractivity contribution in [2.45, 2.75) is 52.1 Å². The summed E-state index contributed by atoms with van der Waals surface area (Å²) in [6, 6.07) is 6.70. The van der Waals surface area contributed by atoms with Crippen LogP contribution in [0.2, 0.25) is 0 Å². The quantitative estimate of drug-likeness (QED) is 0.595. The SMILES string of the molecule is CCOC(Cn1cc(C(=O)NC2CCN(Cc3ccc(F)cc3)CC2)nn1)OCC. The van der Waals surface area contributed by atoms with Crippen molar-refractivity contribution in [3.63, 3.8) is 0 Å². The Kier molecular flexibility index (Phi) is 8.30. The summed E-state index contributed by atoms with van der Waals surface area (Å²) in [6.45, 7) is 7.78. The van der Waals surface area contributed by atoms with Crippen LogP contribution in [-0.4, -0.2) is 64.4 Å². The van der Waals surface area contributed by atoms with Crippen molar-refractivity contribution < 1.29 is 18.7 Å². The first-order valence-electron chi connectivity index (χ1n) is 10.5. The Balaban J connectivity index is 1.44. The topological polar surface area (TPSA) is 81.5 Å². The van der Waals surface area contributed by atoms with Gasteiger partial charge in [0, 0.05) is 38.9 Å². The predicted molar refractivity (Wildman–Crippen MR) is 109 cm³/mol. The van der Waals surface area contributed by atoms with Crippen LogP contribution in [0.4, 0.5) is 4.39 Å². The molecule has 0 spiro atoms. The summed E-state index contributed by atoms with van der Waals surface area (Å²) in [7, 11) is 0. The number of benzene rings is 1. The molecule has 30 heavy (non-hydrogen) atoms. The number of halogens is 1. The van der Waals surface area contributed by atoms with Gasteiger partial charge in [-0.15, -0.1) is 5.10 Å². The molecule has 2 aromatic rings. The van der Waals surface area contributed by atoms with Crippen LogP contribution in [0.5, 0.6) is 0 Å². The van der Waals surface area contributed by atoms with Gasteiger partial charge < -0.3 is 14.8 Å². The second-order valence-electron chi connectivity index (χ2n) is 7.32. The van der Waals surface area contributed by atoms with E-state index in [9.17, 15) is 9.18 Å². The second-order valence-corrected chi connectivity index (χ2v) is 7.32. The fraction of sp³-hybridized carbons (Fsp3) is 0.571. The van der Waals surface area contributed by atoms with E-state index < -0.39 is 6.29 Å². The summed E-state index contributed by atoms with van der Waals surface area (Å²) in [5.41, 5.74) is 1.38. The van der Waals surface area contributed by atoms with Crippen molar-refractivity contribution in [3.8, 4) is 0 Å². The van der Waals surface area contributed by atoms with E-state index in [1.165, 1.54) is 12.1 Å². The van der Waals surface area contributed by atoms with Gasteiger partial charge in [-0.05, 0) is 44.4 Å². The third-order valence-corrected chi connectivity index (χ3v) is 5.05. The van der Waals surface area contributed by atoms with Gasteiger partial charge in [0.05, 0.1) is 12.7 Å². The van der Waals surface area contributed by atoms with E-state index in [2.05, 4.69) is 20.5 Å². The van der Waals surface area contributed by atoms with E-state index in [-0.39, 0.29) is 23.5 Å². The number of rotatable bonds is 10. The fourth-order valence-electron chi connectivity index (χ4n) is 3.51. The zero-order valence-corrected chi connectivity index (χ0v) is 17.6. The van der Waals surface area contributed by atoms with Crippen LogP contribution in [0.1, 0.15) is 42.7 Å². The minimum atomic E-state index is -0.414. The molecule has 3 rings (SSSR count). The highest BCUT2D eigenvalue weighted by Crippen LogP contribution is 2.15. The fourth-order valence-corrected chi connectivity index (χ4v) is 3.51. The minimum Gasteiger partial charge on any atom is -0.351 e. The predicted octanol–water partition coefficient (Wildman–Crippen LogP) is 2.21. The van der Waals surface area contributed by atoms with Gasteiger partial charge in [-0.2, -0.15) is 0 Å². The van der Waals surface area contributed by atoms with Gasteiger partial charge >= 0.3 is 0 Å². The van der Waals surface area contributed by atoms with Crippen molar-refractivity contribution in [3.05, 3.63) is 47.5 Å². The molecular formula is C21H30FN5O3. The van der Waals surface area contributed by atoms with Crippen LogP contribution < -0.4 is 5.32 Å². The van der Waals surface area contributed by atoms with E-state index in [4.69, 9.17) is 9.47 Å². The largest absolute Gasteiger partial charge is 0.351 e. The summed E-state index contributed by atoms with van der Waals surface area (Å²) in [6.07, 6.45) is 2.92. The van der Waals surface area contributed by atoms with E-state index >= 15 is 0 Å². The van der Waals surface area contributed by atoms with Crippen LogP contribution in [0.3, 0.4) is 0 Å². The summed E-state index contributed by atoms with van der Waals surface area (Å²) in [5, 5.41) is 11.0. The second kappa shape index (κ2) is 11.1. The standard InChI is InChI=1S/C21H30FN5O3/c1-3-29-20(30-4-2)15-27-14-19(24-25-27)21(28)23-18-9-11-26(12-10-18)13-16-5-7-17(22)8-6-16/h5-8,14,18,20H,3-4,9-13,15H2,1-2H3,(H,23,28). The first-order valence-corrected chi connectivity index (χ1v) is 10.5. The number of nitrogens with one attached hydrogen (secondary N) is 1. The number of carbonyl (C=O) groups excluding carboxylic acids is 1. The number of carbonyl (C=O) groups is 1. The Morgan fingerprint density at radius 1 is 1.20 bits per heavy atom. The zero-order chi connectivity index (χ0) is 21.3. The van der Waals surface area contributed by atoms with Gasteiger partial charge in [-0.1, -0.05) is 17.3 Å². The molecule has 1 aliphatic heterocycles. The first-order chi connectivity index (χ1) is 14.6. The van der Waals surface area contributed by atoms with Gasteiger partial charge in [0.15, 0.2) is 12.0 Å². The van der Waals surface area contributed by atoms with Crippen molar-refractivity contribution in [1.82, 2.24) is 25.2 Å². The number of piperidine rings is 1. The maximum Gasteiger partial charge on any atom is 0.273 e. The lowest BCUT2D eigenvalue weighted by atomic mass is 10.0. The normalized spacial score (nSPS) is 15.6. The van der Waals surface area contributed by atoms with Crippen molar-refractivity contribution >= 4 is 5.91 Å². The molecule has 1 fully saturated rings. The van der Waals surface area contributed by atoms with Crippen LogP contribution in [0.25, 0.3) is 0 Å². The van der Waals surface area contributed by atoms with Crippen molar-refractivity contribution in [2.75, 3.05) is 26.3 Å². The third-order valence-electron chi connectivity index (χ3n) is 5.05. The zero-order valence-electron chi connectivity index (χ0n) is 17.6. The summed E-state index contributed by atoms with van der Waals surface area (Å²) in [5.74, 6) is -0.439. The Hall–Kier alpha value is -2.36. The molecule has 9 heteroatoms. The molecule has 1 saturated heterocycles. The first kappa shape index (κ1) is 22.3. The molecule has 1 aromatic heterocycles. The average molecular weight is 420 g/mol. The molecule has 0 radical (unpaired) electrons. The lowest BCUT2D eigenvalue weighted by Crippen LogP contribution is -2.44. The molecule has 0 aliphatic carbocycles. The lowest BCUT2D eigenvalue weighted by Gasteiger charge is -2.32. The van der Waals surface area contributed by atoms with Crippen LogP contribution in [0.15, 0.2) is 30.5 Å². The van der Waals surface area contributed by atoms with Gasteiger partial charge in [-0.3, -0.25) is 9.69 Å². The average Bonchev–Trinajstić information content (AvgIpc) is 3.20. The van der Waals surface area contributed by atoms with Crippen molar-refractivity contribution in [2.24, 2.45) is 0 Å².